The Bertz CT molecular complexity index is 2530. The highest BCUT2D eigenvalue weighted by Gasteiger charge is 2.23. The van der Waals surface area contributed by atoms with Crippen molar-refractivity contribution in [3.8, 4) is 0 Å². The van der Waals surface area contributed by atoms with Gasteiger partial charge < -0.3 is 15.2 Å². The van der Waals surface area contributed by atoms with E-state index in [1.54, 1.807) is 61.6 Å². The van der Waals surface area contributed by atoms with E-state index >= 15 is 0 Å². The number of nitrogens with one attached hydrogen (secondary N) is 7. The number of anilines is 3. The van der Waals surface area contributed by atoms with Gasteiger partial charge in [-0.25, -0.2) is 9.97 Å². The quantitative estimate of drug-likeness (QED) is 0.134. The second kappa shape index (κ2) is 14.7. The van der Waals surface area contributed by atoms with Gasteiger partial charge in [0.1, 0.15) is 5.69 Å². The summed E-state index contributed by atoms with van der Waals surface area (Å²) in [5, 5.41) is 16.0. The number of carboxylic acid groups (broad SMARTS) is 1. The van der Waals surface area contributed by atoms with Crippen molar-refractivity contribution in [1.29, 1.82) is 0 Å². The molecule has 0 unspecified atom stereocenters. The Kier molecular flexibility index (Phi) is 10.3. The van der Waals surface area contributed by atoms with Crippen LogP contribution in [0.4, 0.5) is 17.1 Å². The van der Waals surface area contributed by atoms with E-state index in [0.29, 0.717) is 60.7 Å². The van der Waals surface area contributed by atoms with E-state index < -0.39 is 5.97 Å². The third-order valence-electron chi connectivity index (χ3n) is 8.04. The van der Waals surface area contributed by atoms with Crippen molar-refractivity contribution >= 4 is 91.0 Å². The van der Waals surface area contributed by atoms with Gasteiger partial charge in [-0.15, -0.1) is 0 Å². The molecule has 4 amide bonds. The van der Waals surface area contributed by atoms with E-state index in [9.17, 15) is 29.1 Å². The lowest BCUT2D eigenvalue weighted by Gasteiger charge is -2.19. The number of carboxylic acids is 1. The summed E-state index contributed by atoms with van der Waals surface area (Å²) < 4.78 is 0. The van der Waals surface area contributed by atoms with Crippen molar-refractivity contribution < 1.29 is 29.1 Å². The summed E-state index contributed by atoms with van der Waals surface area (Å²) in [6, 6.07) is 18.4. The molecule has 3 aromatic carbocycles. The van der Waals surface area contributed by atoms with Gasteiger partial charge in [-0.05, 0) is 61.5 Å². The van der Waals surface area contributed by atoms with Gasteiger partial charge >= 0.3 is 0 Å². The molecule has 0 bridgehead atoms. The predicted molar refractivity (Wildman–Crippen MR) is 199 cm³/mol. The first kappa shape index (κ1) is 37.2. The second-order valence-corrected chi connectivity index (χ2v) is 11.7. The minimum atomic E-state index is -1.35. The Morgan fingerprint density at radius 3 is 1.62 bits per heavy atom. The van der Waals surface area contributed by atoms with Crippen LogP contribution in [0.5, 0.6) is 0 Å². The Balaban J connectivity index is 0.000000151. The Morgan fingerprint density at radius 1 is 0.642 bits per heavy atom. The zero-order chi connectivity index (χ0) is 36.0. The number of nitrogens with zero attached hydrogens (tertiary/aromatic N) is 3. The predicted octanol–water partition coefficient (Wildman–Crippen LogP) is 3.87. The van der Waals surface area contributed by atoms with Crippen LogP contribution in [0.25, 0.3) is 32.7 Å². The smallest absolute Gasteiger partial charge is 0.270 e. The summed E-state index contributed by atoms with van der Waals surface area (Å²) in [7, 11) is 1.55. The Hall–Kier alpha value is -7.07. The third kappa shape index (κ3) is 6.73. The lowest BCUT2D eigenvalue weighted by Crippen LogP contribution is -2.34. The van der Waals surface area contributed by atoms with Gasteiger partial charge in [0.2, 0.25) is 0 Å². The average Bonchev–Trinajstić information content (AvgIpc) is 3.13. The number of hydrogen-bond donors (Lipinski definition) is 7. The maximum Gasteiger partial charge on any atom is 0.270 e. The SMILES string of the molecule is C.C.CNC(=O)c1cc2c3c(cccc3n1)C(=O)NN2.Cc1cc2c3c(ccc(Cl)c3n1)C(=O)NN2.O=C([O-])c1cc2c3c(cccc3n1)C(=O)NN2. The zero-order valence-electron chi connectivity index (χ0n) is 26.5. The van der Waals surface area contributed by atoms with Gasteiger partial charge in [0.15, 0.2) is 0 Å². The fourth-order valence-corrected chi connectivity index (χ4v) is 6.00. The molecule has 16 nitrogen and oxygen atoms in total. The van der Waals surface area contributed by atoms with Crippen LogP contribution in [-0.4, -0.2) is 51.6 Å². The van der Waals surface area contributed by atoms with Gasteiger partial charge in [-0.3, -0.25) is 56.7 Å². The first-order valence-electron chi connectivity index (χ1n) is 15.1. The molecule has 7 N–H and O–H groups in total. The molecule has 0 saturated heterocycles. The van der Waals surface area contributed by atoms with Gasteiger partial charge in [-0.2, -0.15) is 0 Å². The number of hydrazine groups is 3. The number of amides is 4. The molecule has 3 aliphatic heterocycles. The summed E-state index contributed by atoms with van der Waals surface area (Å²) in [6.07, 6.45) is 0. The van der Waals surface area contributed by atoms with E-state index in [1.165, 1.54) is 6.07 Å². The number of benzene rings is 3. The van der Waals surface area contributed by atoms with Crippen molar-refractivity contribution in [2.45, 2.75) is 21.8 Å². The number of hydrogen-bond acceptors (Lipinski definition) is 12. The molecule has 6 heterocycles. The fourth-order valence-electron chi connectivity index (χ4n) is 5.80. The highest BCUT2D eigenvalue weighted by Crippen LogP contribution is 2.33. The van der Waals surface area contributed by atoms with Crippen molar-refractivity contribution in [3.63, 3.8) is 0 Å². The van der Waals surface area contributed by atoms with Crippen molar-refractivity contribution in [2.24, 2.45) is 0 Å². The molecule has 17 heteroatoms. The second-order valence-electron chi connectivity index (χ2n) is 11.2. The monoisotopic (exact) mass is 735 g/mol. The summed E-state index contributed by atoms with van der Waals surface area (Å²) in [5.41, 5.74) is 22.2. The molecular weight excluding hydrogens is 704 g/mol. The molecular formula is C36H32ClN10O6-. The van der Waals surface area contributed by atoms with Crippen molar-refractivity contribution in [3.05, 3.63) is 106 Å². The largest absolute Gasteiger partial charge is 0.543 e. The number of carbonyl (C=O) groups is 5. The minimum Gasteiger partial charge on any atom is -0.543 e. The molecule has 53 heavy (non-hydrogen) atoms. The molecule has 0 spiro atoms. The van der Waals surface area contributed by atoms with Gasteiger partial charge in [0.05, 0.1) is 67.0 Å². The van der Waals surface area contributed by atoms with Crippen LogP contribution in [0.3, 0.4) is 0 Å². The molecule has 0 fully saturated rings. The standard InChI is InChI=1S/C12H10N4O2.C11H8ClN3O.C11H7N3O3.2CH4/c1-13-12(18)9-5-8-10-6(11(17)16-15-8)3-2-4-7(10)14-9;1-5-4-8-9-6(11(16)15-14-8)2-3-7(12)10(9)13-5;15-10-5-2-1-3-6-9(5)7(13-14-10)4-8(12-6)11(16)17;;/h2-5,15H,1H3,(H,13,18)(H,16,17);2-4,14H,1H3,(H,15,16);1-4,13H,(H,14,15)(H,16,17);2*1H4/p-1. The molecule has 6 aromatic rings. The molecule has 9 rings (SSSR count). The van der Waals surface area contributed by atoms with E-state index in [2.05, 4.69) is 52.8 Å². The van der Waals surface area contributed by atoms with Gasteiger partial charge in [0, 0.05) is 28.9 Å². The third-order valence-corrected chi connectivity index (χ3v) is 8.35. The number of halogens is 1. The summed E-state index contributed by atoms with van der Waals surface area (Å²) in [6.45, 7) is 1.89. The summed E-state index contributed by atoms with van der Waals surface area (Å²) in [4.78, 5) is 69.8. The maximum absolute atomic E-state index is 11.7. The van der Waals surface area contributed by atoms with Crippen LogP contribution in [0.15, 0.2) is 66.7 Å². The molecule has 0 atom stereocenters. The van der Waals surface area contributed by atoms with E-state index in [1.807, 2.05) is 13.0 Å². The summed E-state index contributed by atoms with van der Waals surface area (Å²) >= 11 is 6.08. The highest BCUT2D eigenvalue weighted by atomic mass is 35.5. The van der Waals surface area contributed by atoms with Crippen LogP contribution < -0.4 is 43.0 Å². The Labute approximate surface area is 306 Å². The number of aromatic nitrogens is 3. The lowest BCUT2D eigenvalue weighted by atomic mass is 10.0. The molecule has 0 aliphatic carbocycles. The average molecular weight is 736 g/mol. The number of carbonyl (C=O) groups excluding carboxylic acids is 5. The number of rotatable bonds is 2. The molecule has 3 aliphatic rings. The summed E-state index contributed by atoms with van der Waals surface area (Å²) in [5.74, 6) is -2.27. The van der Waals surface area contributed by atoms with E-state index in [4.69, 9.17) is 11.6 Å². The zero-order valence-corrected chi connectivity index (χ0v) is 27.3. The highest BCUT2D eigenvalue weighted by molar-refractivity contribution is 6.36. The van der Waals surface area contributed by atoms with Crippen molar-refractivity contribution in [2.75, 3.05) is 23.3 Å². The maximum atomic E-state index is 11.7. The first-order valence-corrected chi connectivity index (χ1v) is 15.5. The molecule has 0 saturated carbocycles. The van der Waals surface area contributed by atoms with Crippen molar-refractivity contribution in [1.82, 2.24) is 36.5 Å². The lowest BCUT2D eigenvalue weighted by molar-refractivity contribution is -0.255. The van der Waals surface area contributed by atoms with E-state index in [-0.39, 0.29) is 44.2 Å². The van der Waals surface area contributed by atoms with Crippen LogP contribution in [0.1, 0.15) is 72.6 Å². The van der Waals surface area contributed by atoms with Crippen LogP contribution >= 0.6 is 11.6 Å². The first-order chi connectivity index (χ1) is 24.5. The van der Waals surface area contributed by atoms with Crippen LogP contribution in [0.2, 0.25) is 5.02 Å². The number of aromatic carboxylic acids is 1. The van der Waals surface area contributed by atoms with E-state index in [0.717, 1.165) is 22.2 Å². The van der Waals surface area contributed by atoms with Crippen LogP contribution in [-0.2, 0) is 0 Å². The fraction of sp³-hybridized carbons (Fsp3) is 0.111. The minimum absolute atomic E-state index is 0. The van der Waals surface area contributed by atoms with Gasteiger partial charge in [-0.1, -0.05) is 38.6 Å². The topological polar surface area (TPSA) is 231 Å². The molecule has 270 valence electrons. The Morgan fingerprint density at radius 2 is 1.11 bits per heavy atom. The number of aryl methyl sites for hydroxylation is 1. The molecule has 3 aromatic heterocycles. The number of pyridine rings is 3. The normalized spacial score (nSPS) is 12.6. The molecule has 0 radical (unpaired) electrons. The van der Waals surface area contributed by atoms with Crippen LogP contribution in [0, 0.1) is 6.92 Å². The van der Waals surface area contributed by atoms with Gasteiger partial charge in [0.25, 0.3) is 23.6 Å².